The first-order chi connectivity index (χ1) is 7.22. The SMILES string of the molecule is CCN(CCO)c1cc(Br)ccc1C#N. The lowest BCUT2D eigenvalue weighted by molar-refractivity contribution is 0.302. The molecule has 1 N–H and O–H groups in total. The molecule has 0 amide bonds. The number of nitrogens with zero attached hydrogens (tertiary/aromatic N) is 2. The highest BCUT2D eigenvalue weighted by molar-refractivity contribution is 9.10. The van der Waals surface area contributed by atoms with Gasteiger partial charge in [0.05, 0.1) is 17.9 Å². The molecule has 0 radical (unpaired) electrons. The summed E-state index contributed by atoms with van der Waals surface area (Å²) in [4.78, 5) is 1.98. The van der Waals surface area contributed by atoms with Crippen LogP contribution in [0.4, 0.5) is 5.69 Å². The van der Waals surface area contributed by atoms with E-state index in [1.165, 1.54) is 0 Å². The number of likely N-dealkylation sites (N-methyl/N-ethyl adjacent to an activating group) is 1. The van der Waals surface area contributed by atoms with Gasteiger partial charge in [0, 0.05) is 17.6 Å². The monoisotopic (exact) mass is 268 g/mol. The van der Waals surface area contributed by atoms with Crippen molar-refractivity contribution >= 4 is 21.6 Å². The van der Waals surface area contributed by atoms with Crippen molar-refractivity contribution in [2.75, 3.05) is 24.6 Å². The van der Waals surface area contributed by atoms with E-state index in [4.69, 9.17) is 10.4 Å². The van der Waals surface area contributed by atoms with Crippen LogP contribution in [0.1, 0.15) is 12.5 Å². The van der Waals surface area contributed by atoms with Crippen LogP contribution >= 0.6 is 15.9 Å². The van der Waals surface area contributed by atoms with Crippen LogP contribution in [-0.4, -0.2) is 24.8 Å². The second-order valence-electron chi connectivity index (χ2n) is 3.08. The fraction of sp³-hybridized carbons (Fsp3) is 0.364. The van der Waals surface area contributed by atoms with E-state index in [9.17, 15) is 0 Å². The fourth-order valence-electron chi connectivity index (χ4n) is 1.43. The zero-order chi connectivity index (χ0) is 11.3. The lowest BCUT2D eigenvalue weighted by Crippen LogP contribution is -2.26. The Morgan fingerprint density at radius 2 is 2.27 bits per heavy atom. The summed E-state index contributed by atoms with van der Waals surface area (Å²) in [6, 6.07) is 7.67. The molecule has 1 aromatic rings. The van der Waals surface area contributed by atoms with Gasteiger partial charge in [0.2, 0.25) is 0 Å². The van der Waals surface area contributed by atoms with Gasteiger partial charge in [-0.2, -0.15) is 5.26 Å². The zero-order valence-corrected chi connectivity index (χ0v) is 10.2. The molecular formula is C11H13BrN2O. The first-order valence-electron chi connectivity index (χ1n) is 4.78. The lowest BCUT2D eigenvalue weighted by atomic mass is 10.1. The normalized spacial score (nSPS) is 9.73. The van der Waals surface area contributed by atoms with Crippen LogP contribution < -0.4 is 4.90 Å². The van der Waals surface area contributed by atoms with Crippen molar-refractivity contribution in [3.63, 3.8) is 0 Å². The van der Waals surface area contributed by atoms with Gasteiger partial charge in [-0.3, -0.25) is 0 Å². The average molecular weight is 269 g/mol. The van der Waals surface area contributed by atoms with Crippen molar-refractivity contribution in [1.29, 1.82) is 5.26 Å². The Labute approximate surface area is 98.1 Å². The Morgan fingerprint density at radius 1 is 1.53 bits per heavy atom. The molecule has 0 aromatic heterocycles. The molecule has 80 valence electrons. The molecule has 0 bridgehead atoms. The topological polar surface area (TPSA) is 47.3 Å². The molecule has 0 saturated heterocycles. The largest absolute Gasteiger partial charge is 0.395 e. The van der Waals surface area contributed by atoms with Crippen LogP contribution in [-0.2, 0) is 0 Å². The highest BCUT2D eigenvalue weighted by Gasteiger charge is 2.09. The van der Waals surface area contributed by atoms with Gasteiger partial charge in [-0.1, -0.05) is 15.9 Å². The van der Waals surface area contributed by atoms with Gasteiger partial charge in [-0.15, -0.1) is 0 Å². The fourth-order valence-corrected chi connectivity index (χ4v) is 1.78. The van der Waals surface area contributed by atoms with E-state index in [-0.39, 0.29) is 6.61 Å². The van der Waals surface area contributed by atoms with E-state index in [0.29, 0.717) is 12.1 Å². The minimum absolute atomic E-state index is 0.0885. The quantitative estimate of drug-likeness (QED) is 0.910. The number of nitriles is 1. The highest BCUT2D eigenvalue weighted by atomic mass is 79.9. The van der Waals surface area contributed by atoms with Crippen LogP contribution in [0.5, 0.6) is 0 Å². The zero-order valence-electron chi connectivity index (χ0n) is 8.57. The van der Waals surface area contributed by atoms with Crippen molar-refractivity contribution in [2.45, 2.75) is 6.92 Å². The van der Waals surface area contributed by atoms with E-state index in [1.54, 1.807) is 6.07 Å². The van der Waals surface area contributed by atoms with Gasteiger partial charge in [0.1, 0.15) is 6.07 Å². The Hall–Kier alpha value is -1.05. The van der Waals surface area contributed by atoms with Gasteiger partial charge in [0.25, 0.3) is 0 Å². The van der Waals surface area contributed by atoms with E-state index < -0.39 is 0 Å². The number of benzene rings is 1. The van der Waals surface area contributed by atoms with Crippen molar-refractivity contribution in [2.24, 2.45) is 0 Å². The van der Waals surface area contributed by atoms with E-state index in [0.717, 1.165) is 16.7 Å². The summed E-state index contributed by atoms with van der Waals surface area (Å²) in [5, 5.41) is 17.9. The number of halogens is 1. The summed E-state index contributed by atoms with van der Waals surface area (Å²) in [5.74, 6) is 0. The van der Waals surface area contributed by atoms with Crippen molar-refractivity contribution in [3.8, 4) is 6.07 Å². The average Bonchev–Trinajstić information content (AvgIpc) is 2.26. The highest BCUT2D eigenvalue weighted by Crippen LogP contribution is 2.24. The predicted molar refractivity (Wildman–Crippen MR) is 63.8 cm³/mol. The molecule has 15 heavy (non-hydrogen) atoms. The van der Waals surface area contributed by atoms with Crippen LogP contribution in [0.3, 0.4) is 0 Å². The number of rotatable bonds is 4. The molecule has 0 atom stereocenters. The maximum absolute atomic E-state index is 8.97. The summed E-state index contributed by atoms with van der Waals surface area (Å²) in [6.45, 7) is 3.40. The summed E-state index contributed by atoms with van der Waals surface area (Å²) < 4.78 is 0.938. The molecule has 0 aliphatic heterocycles. The smallest absolute Gasteiger partial charge is 0.101 e. The molecule has 1 rings (SSSR count). The minimum atomic E-state index is 0.0885. The first-order valence-corrected chi connectivity index (χ1v) is 5.57. The number of anilines is 1. The molecule has 3 nitrogen and oxygen atoms in total. The summed E-state index contributed by atoms with van der Waals surface area (Å²) in [6.07, 6.45) is 0. The van der Waals surface area contributed by atoms with Crippen LogP contribution in [0.15, 0.2) is 22.7 Å². The summed E-state index contributed by atoms with van der Waals surface area (Å²) in [5.41, 5.74) is 1.50. The standard InChI is InChI=1S/C11H13BrN2O/c1-2-14(5-6-15)11-7-10(12)4-3-9(11)8-13/h3-4,7,15H,2,5-6H2,1H3. The van der Waals surface area contributed by atoms with Crippen LogP contribution in [0.25, 0.3) is 0 Å². The molecule has 0 spiro atoms. The molecule has 0 fully saturated rings. The third-order valence-electron chi connectivity index (χ3n) is 2.17. The van der Waals surface area contributed by atoms with E-state index in [1.807, 2.05) is 24.0 Å². The van der Waals surface area contributed by atoms with Gasteiger partial charge in [-0.05, 0) is 25.1 Å². The Bertz CT molecular complexity index is 373. The van der Waals surface area contributed by atoms with Crippen molar-refractivity contribution < 1.29 is 5.11 Å². The van der Waals surface area contributed by atoms with Crippen molar-refractivity contribution in [1.82, 2.24) is 0 Å². The summed E-state index contributed by atoms with van der Waals surface area (Å²) in [7, 11) is 0. The second kappa shape index (κ2) is 5.74. The molecule has 1 aromatic carbocycles. The van der Waals surface area contributed by atoms with Crippen LogP contribution in [0, 0.1) is 11.3 Å². The third kappa shape index (κ3) is 2.95. The molecule has 0 saturated carbocycles. The summed E-state index contributed by atoms with van der Waals surface area (Å²) >= 11 is 3.38. The Morgan fingerprint density at radius 3 is 2.80 bits per heavy atom. The molecule has 4 heteroatoms. The molecule has 0 unspecified atom stereocenters. The number of hydrogen-bond acceptors (Lipinski definition) is 3. The van der Waals surface area contributed by atoms with Gasteiger partial charge in [-0.25, -0.2) is 0 Å². The maximum Gasteiger partial charge on any atom is 0.101 e. The third-order valence-corrected chi connectivity index (χ3v) is 2.67. The van der Waals surface area contributed by atoms with Gasteiger partial charge < -0.3 is 10.0 Å². The second-order valence-corrected chi connectivity index (χ2v) is 3.99. The first kappa shape index (κ1) is 12.0. The van der Waals surface area contributed by atoms with E-state index in [2.05, 4.69) is 22.0 Å². The van der Waals surface area contributed by atoms with Gasteiger partial charge in [0.15, 0.2) is 0 Å². The minimum Gasteiger partial charge on any atom is -0.395 e. The number of hydrogen-bond donors (Lipinski definition) is 1. The number of aliphatic hydroxyl groups excluding tert-OH is 1. The molecule has 0 aliphatic carbocycles. The molecule has 0 aliphatic rings. The lowest BCUT2D eigenvalue weighted by Gasteiger charge is -2.23. The van der Waals surface area contributed by atoms with Crippen LogP contribution in [0.2, 0.25) is 0 Å². The maximum atomic E-state index is 8.97. The molecular weight excluding hydrogens is 256 g/mol. The van der Waals surface area contributed by atoms with Crippen molar-refractivity contribution in [3.05, 3.63) is 28.2 Å². The van der Waals surface area contributed by atoms with Gasteiger partial charge >= 0.3 is 0 Å². The predicted octanol–water partition coefficient (Wildman–Crippen LogP) is 2.14. The Balaban J connectivity index is 3.09. The van der Waals surface area contributed by atoms with E-state index >= 15 is 0 Å². The Kier molecular flexibility index (Phi) is 4.60. The number of aliphatic hydroxyl groups is 1. The molecule has 0 heterocycles.